The van der Waals surface area contributed by atoms with Crippen LogP contribution in [0.4, 0.5) is 4.39 Å². The van der Waals surface area contributed by atoms with Crippen LogP contribution in [0, 0.1) is 5.82 Å². The van der Waals surface area contributed by atoms with Gasteiger partial charge in [-0.15, -0.1) is 11.3 Å². The number of rotatable bonds is 6. The molecular weight excluding hydrogens is 343 g/mol. The van der Waals surface area contributed by atoms with Gasteiger partial charge >= 0.3 is 0 Å². The lowest BCUT2D eigenvalue weighted by molar-refractivity contribution is -0.121. The molecule has 0 radical (unpaired) electrons. The number of nitrogens with one attached hydrogen (secondary N) is 2. The lowest BCUT2D eigenvalue weighted by atomic mass is 10.2. The summed E-state index contributed by atoms with van der Waals surface area (Å²) < 4.78 is 15.4. The van der Waals surface area contributed by atoms with E-state index in [1.165, 1.54) is 29.5 Å². The van der Waals surface area contributed by atoms with E-state index in [2.05, 4.69) is 15.6 Å². The minimum Gasteiger partial charge on any atom is -0.351 e. The van der Waals surface area contributed by atoms with Gasteiger partial charge in [0.25, 0.3) is 5.91 Å². The number of hydrogen-bond acceptors (Lipinski definition) is 4. The highest BCUT2D eigenvalue weighted by molar-refractivity contribution is 7.15. The first-order valence-electron chi connectivity index (χ1n) is 7.79. The van der Waals surface area contributed by atoms with Crippen molar-refractivity contribution in [1.82, 2.24) is 20.0 Å². The van der Waals surface area contributed by atoms with Crippen molar-refractivity contribution in [2.75, 3.05) is 6.54 Å². The average Bonchev–Trinajstić information content (AvgIpc) is 3.16. The third-order valence-corrected chi connectivity index (χ3v) is 4.46. The van der Waals surface area contributed by atoms with Gasteiger partial charge in [0.2, 0.25) is 5.91 Å². The average molecular weight is 360 g/mol. The van der Waals surface area contributed by atoms with Crippen molar-refractivity contribution in [3.05, 3.63) is 59.1 Å². The van der Waals surface area contributed by atoms with Crippen LogP contribution >= 0.6 is 11.3 Å². The highest BCUT2D eigenvalue weighted by Crippen LogP contribution is 2.16. The molecule has 0 spiro atoms. The van der Waals surface area contributed by atoms with Gasteiger partial charge in [0, 0.05) is 30.7 Å². The fraction of sp³-hybridized carbons (Fsp3) is 0.235. The van der Waals surface area contributed by atoms with Gasteiger partial charge in [0.15, 0.2) is 4.96 Å². The molecule has 8 heteroatoms. The summed E-state index contributed by atoms with van der Waals surface area (Å²) in [6.07, 6.45) is 3.88. The number of hydrogen-bond donors (Lipinski definition) is 2. The third-order valence-electron chi connectivity index (χ3n) is 3.69. The van der Waals surface area contributed by atoms with Gasteiger partial charge in [-0.3, -0.25) is 14.0 Å². The molecule has 0 saturated carbocycles. The van der Waals surface area contributed by atoms with Gasteiger partial charge in [-0.25, -0.2) is 9.37 Å². The molecule has 2 heterocycles. The van der Waals surface area contributed by atoms with Crippen LogP contribution in [0.2, 0.25) is 0 Å². The summed E-state index contributed by atoms with van der Waals surface area (Å²) in [5.74, 6) is -1.33. The SMILES string of the molecule is C[C@@H](NC(=O)CCNC(=O)c1ccccc1F)c1cn2ccsc2n1. The quantitative estimate of drug-likeness (QED) is 0.709. The van der Waals surface area contributed by atoms with E-state index in [4.69, 9.17) is 0 Å². The van der Waals surface area contributed by atoms with E-state index in [0.29, 0.717) is 0 Å². The van der Waals surface area contributed by atoms with Gasteiger partial charge in [-0.05, 0) is 19.1 Å². The largest absolute Gasteiger partial charge is 0.351 e. The molecule has 3 aromatic rings. The van der Waals surface area contributed by atoms with Gasteiger partial charge in [0.1, 0.15) is 5.82 Å². The fourth-order valence-corrected chi connectivity index (χ4v) is 3.08. The second-order valence-corrected chi connectivity index (χ2v) is 6.41. The van der Waals surface area contributed by atoms with E-state index >= 15 is 0 Å². The molecule has 2 aromatic heterocycles. The van der Waals surface area contributed by atoms with Crippen molar-refractivity contribution < 1.29 is 14.0 Å². The smallest absolute Gasteiger partial charge is 0.254 e. The molecule has 2 N–H and O–H groups in total. The Morgan fingerprint density at radius 1 is 1.36 bits per heavy atom. The van der Waals surface area contributed by atoms with Crippen LogP contribution in [0.1, 0.15) is 35.4 Å². The summed E-state index contributed by atoms with van der Waals surface area (Å²) in [7, 11) is 0. The summed E-state index contributed by atoms with van der Waals surface area (Å²) in [4.78, 5) is 29.2. The molecule has 0 unspecified atom stereocenters. The number of aromatic nitrogens is 2. The summed E-state index contributed by atoms with van der Waals surface area (Å²) in [6.45, 7) is 1.98. The van der Waals surface area contributed by atoms with Gasteiger partial charge in [-0.1, -0.05) is 12.1 Å². The van der Waals surface area contributed by atoms with Gasteiger partial charge in [0.05, 0.1) is 17.3 Å². The van der Waals surface area contributed by atoms with Crippen molar-refractivity contribution in [2.45, 2.75) is 19.4 Å². The van der Waals surface area contributed by atoms with Crippen LogP contribution < -0.4 is 10.6 Å². The Morgan fingerprint density at radius 2 is 2.16 bits per heavy atom. The topological polar surface area (TPSA) is 75.5 Å². The zero-order valence-corrected chi connectivity index (χ0v) is 14.3. The van der Waals surface area contributed by atoms with Crippen molar-refractivity contribution in [2.24, 2.45) is 0 Å². The van der Waals surface area contributed by atoms with Crippen LogP contribution in [0.5, 0.6) is 0 Å². The first-order valence-corrected chi connectivity index (χ1v) is 8.67. The number of thiazole rings is 1. The minimum absolute atomic E-state index is 0.0330. The maximum absolute atomic E-state index is 13.5. The number of carbonyl (C=O) groups excluding carboxylic acids is 2. The van der Waals surface area contributed by atoms with Crippen molar-refractivity contribution in [1.29, 1.82) is 0 Å². The van der Waals surface area contributed by atoms with E-state index in [9.17, 15) is 14.0 Å². The Kier molecular flexibility index (Phi) is 5.08. The first kappa shape index (κ1) is 17.1. The fourth-order valence-electron chi connectivity index (χ4n) is 2.37. The van der Waals surface area contributed by atoms with E-state index in [1.807, 2.05) is 29.1 Å². The molecule has 130 valence electrons. The van der Waals surface area contributed by atoms with E-state index in [-0.39, 0.29) is 30.5 Å². The van der Waals surface area contributed by atoms with E-state index < -0.39 is 11.7 Å². The lowest BCUT2D eigenvalue weighted by Gasteiger charge is -2.12. The Labute approximate surface area is 147 Å². The maximum Gasteiger partial charge on any atom is 0.254 e. The highest BCUT2D eigenvalue weighted by atomic mass is 32.1. The highest BCUT2D eigenvalue weighted by Gasteiger charge is 2.14. The maximum atomic E-state index is 13.5. The van der Waals surface area contributed by atoms with Crippen molar-refractivity contribution in [3.63, 3.8) is 0 Å². The molecule has 6 nitrogen and oxygen atoms in total. The Balaban J connectivity index is 1.47. The van der Waals surface area contributed by atoms with Crippen LogP contribution in [-0.2, 0) is 4.79 Å². The number of imidazole rings is 1. The molecule has 0 aliphatic heterocycles. The molecule has 0 aliphatic carbocycles. The Bertz CT molecular complexity index is 876. The van der Waals surface area contributed by atoms with E-state index in [0.717, 1.165) is 10.7 Å². The summed E-state index contributed by atoms with van der Waals surface area (Å²) in [6, 6.07) is 5.49. The van der Waals surface area contributed by atoms with Gasteiger partial charge < -0.3 is 10.6 Å². The lowest BCUT2D eigenvalue weighted by Crippen LogP contribution is -2.32. The number of carbonyl (C=O) groups is 2. The molecule has 0 aliphatic rings. The zero-order valence-electron chi connectivity index (χ0n) is 13.5. The summed E-state index contributed by atoms with van der Waals surface area (Å²) in [5, 5.41) is 7.32. The minimum atomic E-state index is -0.585. The number of amides is 2. The van der Waals surface area contributed by atoms with Crippen molar-refractivity contribution >= 4 is 28.1 Å². The predicted molar refractivity (Wildman–Crippen MR) is 93.0 cm³/mol. The molecule has 0 fully saturated rings. The second-order valence-electron chi connectivity index (χ2n) is 5.53. The predicted octanol–water partition coefficient (Wildman–Crippen LogP) is 2.53. The molecule has 25 heavy (non-hydrogen) atoms. The van der Waals surface area contributed by atoms with Gasteiger partial charge in [-0.2, -0.15) is 0 Å². The normalized spacial score (nSPS) is 12.1. The third kappa shape index (κ3) is 4.03. The Hall–Kier alpha value is -2.74. The molecule has 2 amide bonds. The first-order chi connectivity index (χ1) is 12.0. The standard InChI is InChI=1S/C17H17FN4O2S/c1-11(14-10-22-8-9-25-17(22)21-14)20-15(23)6-7-19-16(24)12-4-2-3-5-13(12)18/h2-5,8-11H,6-7H2,1H3,(H,19,24)(H,20,23)/t11-/m1/s1. The summed E-state index contributed by atoms with van der Waals surface area (Å²) in [5.41, 5.74) is 0.741. The van der Waals surface area contributed by atoms with Crippen LogP contribution in [0.25, 0.3) is 4.96 Å². The number of fused-ring (bicyclic) bond motifs is 1. The number of nitrogens with zero attached hydrogens (tertiary/aromatic N) is 2. The molecule has 0 bridgehead atoms. The molecule has 1 atom stereocenters. The van der Waals surface area contributed by atoms with Crippen LogP contribution in [0.3, 0.4) is 0 Å². The monoisotopic (exact) mass is 360 g/mol. The molecule has 3 rings (SSSR count). The summed E-state index contributed by atoms with van der Waals surface area (Å²) >= 11 is 1.52. The van der Waals surface area contributed by atoms with Crippen LogP contribution in [-0.4, -0.2) is 27.7 Å². The number of benzene rings is 1. The molecule has 1 aromatic carbocycles. The second kappa shape index (κ2) is 7.43. The zero-order chi connectivity index (χ0) is 17.8. The van der Waals surface area contributed by atoms with E-state index in [1.54, 1.807) is 6.07 Å². The van der Waals surface area contributed by atoms with Crippen LogP contribution in [0.15, 0.2) is 42.0 Å². The molecular formula is C17H17FN4O2S. The molecule has 0 saturated heterocycles. The van der Waals surface area contributed by atoms with Crippen molar-refractivity contribution in [3.8, 4) is 0 Å². The Morgan fingerprint density at radius 3 is 2.92 bits per heavy atom. The number of halogens is 1.